The minimum Gasteiger partial charge on any atom is -0.359 e. The lowest BCUT2D eigenvalue weighted by atomic mass is 9.63. The SMILES string of the molecule is COCOCc1cc(Br)cc(-c2ccc3c(c2)C(C)(C)CCC3(C)C)c1. The van der Waals surface area contributed by atoms with Gasteiger partial charge in [0.25, 0.3) is 0 Å². The summed E-state index contributed by atoms with van der Waals surface area (Å²) < 4.78 is 11.6. The van der Waals surface area contributed by atoms with E-state index in [1.54, 1.807) is 7.11 Å². The fourth-order valence-electron chi connectivity index (χ4n) is 3.91. The van der Waals surface area contributed by atoms with E-state index >= 15 is 0 Å². The summed E-state index contributed by atoms with van der Waals surface area (Å²) in [6, 6.07) is 13.5. The largest absolute Gasteiger partial charge is 0.359 e. The lowest BCUT2D eigenvalue weighted by molar-refractivity contribution is -0.0390. The Kier molecular flexibility index (Phi) is 5.62. The van der Waals surface area contributed by atoms with Gasteiger partial charge in [0.05, 0.1) is 6.61 Å². The van der Waals surface area contributed by atoms with Crippen molar-refractivity contribution in [2.45, 2.75) is 58.0 Å². The molecule has 0 heterocycles. The maximum Gasteiger partial charge on any atom is 0.146 e. The molecule has 0 aliphatic heterocycles. The molecule has 2 nitrogen and oxygen atoms in total. The molecule has 0 saturated carbocycles. The van der Waals surface area contributed by atoms with E-state index in [4.69, 9.17) is 9.47 Å². The first-order chi connectivity index (χ1) is 12.2. The summed E-state index contributed by atoms with van der Waals surface area (Å²) >= 11 is 3.65. The fourth-order valence-corrected chi connectivity index (χ4v) is 4.45. The summed E-state index contributed by atoms with van der Waals surface area (Å²) in [6.45, 7) is 10.3. The summed E-state index contributed by atoms with van der Waals surface area (Å²) in [7, 11) is 1.64. The van der Waals surface area contributed by atoms with Crippen molar-refractivity contribution < 1.29 is 9.47 Å². The first-order valence-electron chi connectivity index (χ1n) is 9.24. The van der Waals surface area contributed by atoms with Gasteiger partial charge in [0.15, 0.2) is 0 Å². The normalized spacial score (nSPS) is 17.8. The maximum atomic E-state index is 5.52. The van der Waals surface area contributed by atoms with Gasteiger partial charge in [0, 0.05) is 11.6 Å². The summed E-state index contributed by atoms with van der Waals surface area (Å²) in [5.74, 6) is 0. The number of hydrogen-bond donors (Lipinski definition) is 0. The first kappa shape index (κ1) is 19.6. The number of rotatable bonds is 5. The summed E-state index contributed by atoms with van der Waals surface area (Å²) in [4.78, 5) is 0. The van der Waals surface area contributed by atoms with Crippen LogP contribution in [0.25, 0.3) is 11.1 Å². The standard InChI is InChI=1S/C23H29BrO2/c1-22(2)8-9-23(3,4)21-13-17(6-7-20(21)22)18-10-16(11-19(24)12-18)14-26-15-25-5/h6-7,10-13H,8-9,14-15H2,1-5H3. The minimum absolute atomic E-state index is 0.220. The molecule has 0 fully saturated rings. The lowest BCUT2D eigenvalue weighted by Gasteiger charge is -2.42. The van der Waals surface area contributed by atoms with Crippen molar-refractivity contribution in [1.82, 2.24) is 0 Å². The molecule has 0 saturated heterocycles. The second-order valence-corrected chi connectivity index (χ2v) is 9.55. The van der Waals surface area contributed by atoms with Crippen LogP contribution < -0.4 is 0 Å². The van der Waals surface area contributed by atoms with Crippen LogP contribution in [-0.4, -0.2) is 13.9 Å². The molecule has 2 aromatic carbocycles. The highest BCUT2D eigenvalue weighted by Crippen LogP contribution is 2.46. The Morgan fingerprint density at radius 3 is 2.27 bits per heavy atom. The number of halogens is 1. The van der Waals surface area contributed by atoms with Gasteiger partial charge >= 0.3 is 0 Å². The van der Waals surface area contributed by atoms with E-state index in [1.165, 1.54) is 35.1 Å². The average molecular weight is 417 g/mol. The Hall–Kier alpha value is -1.16. The van der Waals surface area contributed by atoms with E-state index < -0.39 is 0 Å². The Morgan fingerprint density at radius 2 is 1.58 bits per heavy atom. The van der Waals surface area contributed by atoms with Gasteiger partial charge in [-0.3, -0.25) is 0 Å². The van der Waals surface area contributed by atoms with Crippen molar-refractivity contribution in [1.29, 1.82) is 0 Å². The molecule has 26 heavy (non-hydrogen) atoms. The van der Waals surface area contributed by atoms with Gasteiger partial charge < -0.3 is 9.47 Å². The van der Waals surface area contributed by atoms with Crippen molar-refractivity contribution in [2.75, 3.05) is 13.9 Å². The minimum atomic E-state index is 0.220. The number of fused-ring (bicyclic) bond motifs is 1. The molecule has 0 unspecified atom stereocenters. The van der Waals surface area contributed by atoms with Crippen LogP contribution in [0.4, 0.5) is 0 Å². The van der Waals surface area contributed by atoms with E-state index in [9.17, 15) is 0 Å². The molecule has 3 heteroatoms. The highest BCUT2D eigenvalue weighted by Gasteiger charge is 2.36. The molecular weight excluding hydrogens is 388 g/mol. The first-order valence-corrected chi connectivity index (χ1v) is 10.0. The van der Waals surface area contributed by atoms with Gasteiger partial charge in [-0.25, -0.2) is 0 Å². The monoisotopic (exact) mass is 416 g/mol. The van der Waals surface area contributed by atoms with Crippen molar-refractivity contribution in [3.05, 3.63) is 57.6 Å². The molecule has 3 rings (SSSR count). The third-order valence-corrected chi connectivity index (χ3v) is 6.07. The molecule has 0 N–H and O–H groups in total. The molecule has 0 aromatic heterocycles. The van der Waals surface area contributed by atoms with Gasteiger partial charge in [-0.15, -0.1) is 0 Å². The third kappa shape index (κ3) is 4.05. The Morgan fingerprint density at radius 1 is 0.885 bits per heavy atom. The van der Waals surface area contributed by atoms with Gasteiger partial charge in [0.2, 0.25) is 0 Å². The van der Waals surface area contributed by atoms with Crippen LogP contribution in [0.5, 0.6) is 0 Å². The highest BCUT2D eigenvalue weighted by molar-refractivity contribution is 9.10. The van der Waals surface area contributed by atoms with Gasteiger partial charge in [-0.05, 0) is 69.7 Å². The topological polar surface area (TPSA) is 18.5 Å². The zero-order valence-corrected chi connectivity index (χ0v) is 18.1. The van der Waals surface area contributed by atoms with E-state index in [0.717, 1.165) is 10.0 Å². The fraction of sp³-hybridized carbons (Fsp3) is 0.478. The zero-order valence-electron chi connectivity index (χ0n) is 16.5. The predicted molar refractivity (Wildman–Crippen MR) is 112 cm³/mol. The Balaban J connectivity index is 2.00. The van der Waals surface area contributed by atoms with Crippen molar-refractivity contribution in [3.8, 4) is 11.1 Å². The van der Waals surface area contributed by atoms with E-state index in [-0.39, 0.29) is 10.8 Å². The molecule has 140 valence electrons. The summed E-state index contributed by atoms with van der Waals surface area (Å²) in [6.07, 6.45) is 2.47. The van der Waals surface area contributed by atoms with E-state index in [1.807, 2.05) is 0 Å². The van der Waals surface area contributed by atoms with E-state index in [2.05, 4.69) is 80.0 Å². The molecule has 0 atom stereocenters. The summed E-state index contributed by atoms with van der Waals surface area (Å²) in [5, 5.41) is 0. The third-order valence-electron chi connectivity index (χ3n) is 5.61. The predicted octanol–water partition coefficient (Wildman–Crippen LogP) is 6.59. The van der Waals surface area contributed by atoms with Crippen LogP contribution in [0.1, 0.15) is 57.2 Å². The Bertz CT molecular complexity index is 793. The van der Waals surface area contributed by atoms with Gasteiger partial charge in [-0.2, -0.15) is 0 Å². The number of ether oxygens (including phenoxy) is 2. The molecular formula is C23H29BrO2. The van der Waals surface area contributed by atoms with Crippen molar-refractivity contribution in [2.24, 2.45) is 0 Å². The quantitative estimate of drug-likeness (QED) is 0.404. The van der Waals surface area contributed by atoms with Crippen LogP contribution >= 0.6 is 15.9 Å². The maximum absolute atomic E-state index is 5.52. The van der Waals surface area contributed by atoms with Crippen LogP contribution in [0, 0.1) is 0 Å². The van der Waals surface area contributed by atoms with Gasteiger partial charge in [-0.1, -0.05) is 61.8 Å². The number of benzene rings is 2. The summed E-state index contributed by atoms with van der Waals surface area (Å²) in [5.41, 5.74) is 7.08. The van der Waals surface area contributed by atoms with Crippen molar-refractivity contribution >= 4 is 15.9 Å². The lowest BCUT2D eigenvalue weighted by Crippen LogP contribution is -2.33. The van der Waals surface area contributed by atoms with E-state index in [0.29, 0.717) is 13.4 Å². The number of hydrogen-bond acceptors (Lipinski definition) is 2. The molecule has 0 spiro atoms. The Labute approximate surface area is 166 Å². The second kappa shape index (κ2) is 7.46. The molecule has 2 aromatic rings. The molecule has 1 aliphatic rings. The molecule has 1 aliphatic carbocycles. The second-order valence-electron chi connectivity index (χ2n) is 8.63. The van der Waals surface area contributed by atoms with Crippen LogP contribution in [0.15, 0.2) is 40.9 Å². The average Bonchev–Trinajstić information content (AvgIpc) is 2.59. The number of methoxy groups -OCH3 is 1. The van der Waals surface area contributed by atoms with Gasteiger partial charge in [0.1, 0.15) is 6.79 Å². The van der Waals surface area contributed by atoms with Crippen LogP contribution in [0.3, 0.4) is 0 Å². The zero-order chi connectivity index (χ0) is 18.9. The molecule has 0 bridgehead atoms. The molecule has 0 amide bonds. The van der Waals surface area contributed by atoms with Crippen LogP contribution in [0.2, 0.25) is 0 Å². The molecule has 0 radical (unpaired) electrons. The van der Waals surface area contributed by atoms with Crippen molar-refractivity contribution in [3.63, 3.8) is 0 Å². The smallest absolute Gasteiger partial charge is 0.146 e. The highest BCUT2D eigenvalue weighted by atomic mass is 79.9. The van der Waals surface area contributed by atoms with Crippen LogP contribution in [-0.2, 0) is 26.9 Å².